The smallest absolute Gasteiger partial charge is 0.261 e. The largest absolute Gasteiger partial charge is 0.353 e. The number of amides is 3. The molecule has 0 spiro atoms. The molecule has 1 unspecified atom stereocenters. The molecule has 1 aromatic carbocycles. The molecule has 2 heterocycles. The van der Waals surface area contributed by atoms with Crippen LogP contribution >= 0.6 is 0 Å². The number of hydrogen-bond donors (Lipinski definition) is 2. The summed E-state index contributed by atoms with van der Waals surface area (Å²) in [6, 6.07) is 6.63. The van der Waals surface area contributed by atoms with E-state index in [1.54, 1.807) is 24.3 Å². The summed E-state index contributed by atoms with van der Waals surface area (Å²) in [7, 11) is 0. The van der Waals surface area contributed by atoms with Crippen LogP contribution in [0.2, 0.25) is 0 Å². The van der Waals surface area contributed by atoms with Gasteiger partial charge in [-0.3, -0.25) is 19.3 Å². The van der Waals surface area contributed by atoms with Crippen LogP contribution in [0.15, 0.2) is 24.3 Å². The van der Waals surface area contributed by atoms with Crippen LogP contribution in [0.5, 0.6) is 0 Å². The molecule has 3 rings (SSSR count). The Morgan fingerprint density at radius 2 is 1.90 bits per heavy atom. The second-order valence-corrected chi connectivity index (χ2v) is 5.25. The van der Waals surface area contributed by atoms with E-state index in [-0.39, 0.29) is 36.9 Å². The Kier molecular flexibility index (Phi) is 3.70. The number of fused-ring (bicyclic) bond motifs is 1. The van der Waals surface area contributed by atoms with Gasteiger partial charge >= 0.3 is 0 Å². The molecule has 0 aromatic heterocycles. The number of hydrogen-bond acceptors (Lipinski definition) is 4. The monoisotopic (exact) mass is 287 g/mol. The summed E-state index contributed by atoms with van der Waals surface area (Å²) in [4.78, 5) is 37.3. The zero-order chi connectivity index (χ0) is 14.8. The van der Waals surface area contributed by atoms with Gasteiger partial charge in [-0.1, -0.05) is 12.1 Å². The Morgan fingerprint density at radius 1 is 1.24 bits per heavy atom. The summed E-state index contributed by atoms with van der Waals surface area (Å²) < 4.78 is 0. The van der Waals surface area contributed by atoms with Crippen LogP contribution in [0.1, 0.15) is 33.6 Å². The first kappa shape index (κ1) is 13.8. The summed E-state index contributed by atoms with van der Waals surface area (Å²) in [5.41, 5.74) is 0.873. The zero-order valence-electron chi connectivity index (χ0n) is 11.6. The van der Waals surface area contributed by atoms with E-state index in [9.17, 15) is 14.4 Å². The topological polar surface area (TPSA) is 78.5 Å². The Morgan fingerprint density at radius 3 is 2.48 bits per heavy atom. The van der Waals surface area contributed by atoms with Gasteiger partial charge in [0, 0.05) is 13.1 Å². The highest BCUT2D eigenvalue weighted by atomic mass is 16.2. The normalized spacial score (nSPS) is 20.8. The van der Waals surface area contributed by atoms with Gasteiger partial charge < -0.3 is 10.6 Å². The Labute approximate surface area is 122 Å². The number of nitrogens with zero attached hydrogens (tertiary/aromatic N) is 1. The molecule has 21 heavy (non-hydrogen) atoms. The van der Waals surface area contributed by atoms with Crippen molar-refractivity contribution in [2.45, 2.75) is 18.9 Å². The molecule has 1 fully saturated rings. The van der Waals surface area contributed by atoms with Crippen molar-refractivity contribution in [1.29, 1.82) is 0 Å². The lowest BCUT2D eigenvalue weighted by Crippen LogP contribution is -2.44. The number of imide groups is 1. The van der Waals surface area contributed by atoms with Crippen LogP contribution in [0.25, 0.3) is 0 Å². The van der Waals surface area contributed by atoms with Crippen molar-refractivity contribution in [3.8, 4) is 0 Å². The second kappa shape index (κ2) is 5.65. The molecule has 2 N–H and O–H groups in total. The van der Waals surface area contributed by atoms with Gasteiger partial charge in [0.25, 0.3) is 11.8 Å². The van der Waals surface area contributed by atoms with E-state index in [4.69, 9.17) is 0 Å². The molecular weight excluding hydrogens is 270 g/mol. The SMILES string of the molecule is O=C(NCCN1C(=O)c2ccccc2C1=O)C1CCCN1. The minimum Gasteiger partial charge on any atom is -0.353 e. The van der Waals surface area contributed by atoms with Crippen molar-refractivity contribution >= 4 is 17.7 Å². The van der Waals surface area contributed by atoms with Crippen LogP contribution in [0.4, 0.5) is 0 Å². The van der Waals surface area contributed by atoms with Gasteiger partial charge in [0.2, 0.25) is 5.91 Å². The number of carbonyl (C=O) groups is 3. The van der Waals surface area contributed by atoms with Crippen molar-refractivity contribution in [2.24, 2.45) is 0 Å². The molecule has 110 valence electrons. The van der Waals surface area contributed by atoms with Gasteiger partial charge in [0.1, 0.15) is 0 Å². The van der Waals surface area contributed by atoms with E-state index >= 15 is 0 Å². The van der Waals surface area contributed by atoms with Crippen LogP contribution in [0, 0.1) is 0 Å². The first-order chi connectivity index (χ1) is 10.2. The van der Waals surface area contributed by atoms with Gasteiger partial charge in [0.05, 0.1) is 17.2 Å². The number of carbonyl (C=O) groups excluding carboxylic acids is 3. The minimum absolute atomic E-state index is 0.0656. The molecule has 6 heteroatoms. The minimum atomic E-state index is -0.288. The fraction of sp³-hybridized carbons (Fsp3) is 0.400. The van der Waals surface area contributed by atoms with Crippen molar-refractivity contribution < 1.29 is 14.4 Å². The van der Waals surface area contributed by atoms with Crippen LogP contribution in [-0.2, 0) is 4.79 Å². The standard InChI is InChI=1S/C15H17N3O3/c19-13(12-6-3-7-16-12)17-8-9-18-14(20)10-4-1-2-5-11(10)15(18)21/h1-2,4-5,12,16H,3,6-9H2,(H,17,19). The molecule has 0 aliphatic carbocycles. The first-order valence-corrected chi connectivity index (χ1v) is 7.15. The van der Waals surface area contributed by atoms with E-state index < -0.39 is 0 Å². The third kappa shape index (κ3) is 2.54. The molecule has 1 saturated heterocycles. The van der Waals surface area contributed by atoms with Crippen molar-refractivity contribution in [3.63, 3.8) is 0 Å². The summed E-state index contributed by atoms with van der Waals surface area (Å²) in [5.74, 6) is -0.642. The summed E-state index contributed by atoms with van der Waals surface area (Å²) in [6.07, 6.45) is 1.83. The fourth-order valence-corrected chi connectivity index (χ4v) is 2.76. The second-order valence-electron chi connectivity index (χ2n) is 5.25. The third-order valence-corrected chi connectivity index (χ3v) is 3.89. The number of rotatable bonds is 4. The quantitative estimate of drug-likeness (QED) is 0.773. The molecule has 1 aromatic rings. The van der Waals surface area contributed by atoms with E-state index in [1.807, 2.05) is 0 Å². The molecule has 0 saturated carbocycles. The van der Waals surface area contributed by atoms with E-state index in [2.05, 4.69) is 10.6 Å². The fourth-order valence-electron chi connectivity index (χ4n) is 2.76. The Balaban J connectivity index is 1.56. The van der Waals surface area contributed by atoms with Crippen LogP contribution in [0.3, 0.4) is 0 Å². The molecule has 0 radical (unpaired) electrons. The van der Waals surface area contributed by atoms with Gasteiger partial charge in [-0.05, 0) is 31.5 Å². The summed E-state index contributed by atoms with van der Waals surface area (Å²) in [5, 5.41) is 5.88. The Bertz CT molecular complexity index is 559. The van der Waals surface area contributed by atoms with Crippen LogP contribution < -0.4 is 10.6 Å². The third-order valence-electron chi connectivity index (χ3n) is 3.89. The van der Waals surface area contributed by atoms with E-state index in [0.29, 0.717) is 11.1 Å². The lowest BCUT2D eigenvalue weighted by atomic mass is 10.1. The van der Waals surface area contributed by atoms with Gasteiger partial charge in [-0.15, -0.1) is 0 Å². The maximum Gasteiger partial charge on any atom is 0.261 e. The highest BCUT2D eigenvalue weighted by Crippen LogP contribution is 2.21. The lowest BCUT2D eigenvalue weighted by Gasteiger charge is -2.16. The summed E-state index contributed by atoms with van der Waals surface area (Å²) in [6.45, 7) is 1.34. The predicted octanol–water partition coefficient (Wildman–Crippen LogP) is 0.151. The highest BCUT2D eigenvalue weighted by Gasteiger charge is 2.34. The molecule has 2 aliphatic rings. The Hall–Kier alpha value is -2.21. The van der Waals surface area contributed by atoms with Gasteiger partial charge in [-0.25, -0.2) is 0 Å². The predicted molar refractivity (Wildman–Crippen MR) is 75.8 cm³/mol. The molecular formula is C15H17N3O3. The maximum atomic E-state index is 12.1. The zero-order valence-corrected chi connectivity index (χ0v) is 11.6. The lowest BCUT2D eigenvalue weighted by molar-refractivity contribution is -0.122. The van der Waals surface area contributed by atoms with Gasteiger partial charge in [0.15, 0.2) is 0 Å². The van der Waals surface area contributed by atoms with Gasteiger partial charge in [-0.2, -0.15) is 0 Å². The first-order valence-electron chi connectivity index (χ1n) is 7.15. The van der Waals surface area contributed by atoms with E-state index in [1.165, 1.54) is 4.90 Å². The average molecular weight is 287 g/mol. The average Bonchev–Trinajstić information content (AvgIpc) is 3.11. The highest BCUT2D eigenvalue weighted by molar-refractivity contribution is 6.21. The molecule has 0 bridgehead atoms. The van der Waals surface area contributed by atoms with Crippen molar-refractivity contribution in [1.82, 2.24) is 15.5 Å². The molecule has 2 aliphatic heterocycles. The summed E-state index contributed by atoms with van der Waals surface area (Å²) >= 11 is 0. The molecule has 1 atom stereocenters. The van der Waals surface area contributed by atoms with Crippen LogP contribution in [-0.4, -0.2) is 48.3 Å². The van der Waals surface area contributed by atoms with Crippen molar-refractivity contribution in [2.75, 3.05) is 19.6 Å². The molecule has 6 nitrogen and oxygen atoms in total. The number of nitrogens with one attached hydrogen (secondary N) is 2. The van der Waals surface area contributed by atoms with Crippen molar-refractivity contribution in [3.05, 3.63) is 35.4 Å². The number of benzene rings is 1. The maximum absolute atomic E-state index is 12.1. The van der Waals surface area contributed by atoms with E-state index in [0.717, 1.165) is 19.4 Å². The molecule has 3 amide bonds.